The zero-order valence-corrected chi connectivity index (χ0v) is 16.7. The van der Waals surface area contributed by atoms with E-state index in [-0.39, 0.29) is 0 Å². The van der Waals surface area contributed by atoms with Crippen molar-refractivity contribution >= 4 is 16.8 Å². The van der Waals surface area contributed by atoms with Gasteiger partial charge in [0.15, 0.2) is 0 Å². The fourth-order valence-corrected chi connectivity index (χ4v) is 3.50. The molecule has 0 aliphatic carbocycles. The molecule has 0 saturated heterocycles. The maximum Gasteiger partial charge on any atom is 0.0437 e. The van der Waals surface area contributed by atoms with E-state index in [0.29, 0.717) is 0 Å². The van der Waals surface area contributed by atoms with Crippen molar-refractivity contribution in [3.8, 4) is 0 Å². The number of anilines is 1. The number of hydrogen-bond donors (Lipinski definition) is 0. The molecular formula is C25H33N. The molecule has 0 bridgehead atoms. The molecule has 2 aromatic carbocycles. The maximum absolute atomic E-state index is 4.04. The number of nitrogens with zero attached hydrogens (tertiary/aromatic N) is 1. The third-order valence-electron chi connectivity index (χ3n) is 4.83. The second kappa shape index (κ2) is 10.7. The summed E-state index contributed by atoms with van der Waals surface area (Å²) in [5.74, 6) is 0. The molecule has 0 aromatic heterocycles. The van der Waals surface area contributed by atoms with Gasteiger partial charge in [-0.05, 0) is 42.0 Å². The van der Waals surface area contributed by atoms with Crippen LogP contribution in [0.15, 0.2) is 67.3 Å². The first-order valence-electron chi connectivity index (χ1n) is 9.84. The Hall–Kier alpha value is -2.28. The SMILES string of the molecule is C=CC/C(=C(/CCCCCC)c1ccccc1)c1ccccc1N(C)C. The fourth-order valence-electron chi connectivity index (χ4n) is 3.50. The molecule has 0 radical (unpaired) electrons. The predicted octanol–water partition coefficient (Wildman–Crippen LogP) is 7.21. The van der Waals surface area contributed by atoms with E-state index in [9.17, 15) is 0 Å². The summed E-state index contributed by atoms with van der Waals surface area (Å²) in [6.45, 7) is 6.31. The standard InChI is InChI=1S/C25H33N/c1-5-7-8-12-18-22(21-16-10-9-11-17-21)23(15-6-2)24-19-13-14-20-25(24)26(3)4/h6,9-11,13-14,16-17,19-20H,2,5,7-8,12,15,18H2,1,3-4H3/b23-22+. The van der Waals surface area contributed by atoms with Gasteiger partial charge >= 0.3 is 0 Å². The Kier molecular flexibility index (Phi) is 8.21. The minimum atomic E-state index is 0.892. The molecule has 0 heterocycles. The van der Waals surface area contributed by atoms with Crippen molar-refractivity contribution in [1.82, 2.24) is 0 Å². The lowest BCUT2D eigenvalue weighted by Crippen LogP contribution is -2.11. The molecule has 0 amide bonds. The molecule has 1 nitrogen and oxygen atoms in total. The Morgan fingerprint density at radius 2 is 1.58 bits per heavy atom. The van der Waals surface area contributed by atoms with E-state index in [0.717, 1.165) is 12.8 Å². The van der Waals surface area contributed by atoms with E-state index >= 15 is 0 Å². The Morgan fingerprint density at radius 1 is 0.885 bits per heavy atom. The lowest BCUT2D eigenvalue weighted by Gasteiger charge is -2.22. The second-order valence-corrected chi connectivity index (χ2v) is 7.04. The third kappa shape index (κ3) is 5.36. The van der Waals surface area contributed by atoms with Crippen LogP contribution in [0, 0.1) is 0 Å². The summed E-state index contributed by atoms with van der Waals surface area (Å²) in [5.41, 5.74) is 6.82. The Balaban J connectivity index is 2.55. The highest BCUT2D eigenvalue weighted by Gasteiger charge is 2.14. The summed E-state index contributed by atoms with van der Waals surface area (Å²) >= 11 is 0. The first-order chi connectivity index (χ1) is 12.7. The highest BCUT2D eigenvalue weighted by molar-refractivity contribution is 5.94. The Morgan fingerprint density at radius 3 is 2.23 bits per heavy atom. The number of rotatable bonds is 10. The monoisotopic (exact) mass is 347 g/mol. The van der Waals surface area contributed by atoms with Crippen LogP contribution in [0.2, 0.25) is 0 Å². The lowest BCUT2D eigenvalue weighted by atomic mass is 9.88. The van der Waals surface area contributed by atoms with Crippen LogP contribution in [0.5, 0.6) is 0 Å². The van der Waals surface area contributed by atoms with Crippen molar-refractivity contribution in [2.45, 2.75) is 45.4 Å². The van der Waals surface area contributed by atoms with Crippen molar-refractivity contribution in [2.75, 3.05) is 19.0 Å². The molecule has 0 aliphatic heterocycles. The minimum absolute atomic E-state index is 0.892. The molecule has 0 aliphatic rings. The summed E-state index contributed by atoms with van der Waals surface area (Å²) in [7, 11) is 4.24. The van der Waals surface area contributed by atoms with Crippen molar-refractivity contribution in [1.29, 1.82) is 0 Å². The quantitative estimate of drug-likeness (QED) is 0.249. The van der Waals surface area contributed by atoms with E-state index in [2.05, 4.69) is 87.1 Å². The summed E-state index contributed by atoms with van der Waals surface area (Å²) < 4.78 is 0. The first kappa shape index (κ1) is 20.0. The summed E-state index contributed by atoms with van der Waals surface area (Å²) in [5, 5.41) is 0. The lowest BCUT2D eigenvalue weighted by molar-refractivity contribution is 0.678. The van der Waals surface area contributed by atoms with Crippen LogP contribution in [-0.4, -0.2) is 14.1 Å². The van der Waals surface area contributed by atoms with Gasteiger partial charge in [0, 0.05) is 25.3 Å². The van der Waals surface area contributed by atoms with Crippen LogP contribution in [0.1, 0.15) is 56.6 Å². The highest BCUT2D eigenvalue weighted by Crippen LogP contribution is 2.37. The van der Waals surface area contributed by atoms with E-state index in [1.165, 1.54) is 53.6 Å². The zero-order valence-electron chi connectivity index (χ0n) is 16.7. The smallest absolute Gasteiger partial charge is 0.0437 e. The van der Waals surface area contributed by atoms with Gasteiger partial charge in [0.2, 0.25) is 0 Å². The summed E-state index contributed by atoms with van der Waals surface area (Å²) in [6, 6.07) is 19.6. The number of hydrogen-bond acceptors (Lipinski definition) is 1. The van der Waals surface area contributed by atoms with Gasteiger partial charge in [0.25, 0.3) is 0 Å². The van der Waals surface area contributed by atoms with Gasteiger partial charge in [-0.1, -0.05) is 80.8 Å². The van der Waals surface area contributed by atoms with Gasteiger partial charge in [-0.2, -0.15) is 0 Å². The molecule has 138 valence electrons. The Labute approximate surface area is 160 Å². The largest absolute Gasteiger partial charge is 0.377 e. The van der Waals surface area contributed by atoms with Gasteiger partial charge in [-0.25, -0.2) is 0 Å². The number of benzene rings is 2. The molecule has 0 fully saturated rings. The van der Waals surface area contributed by atoms with E-state index in [4.69, 9.17) is 0 Å². The molecule has 2 rings (SSSR count). The average molecular weight is 348 g/mol. The van der Waals surface area contributed by atoms with Crippen molar-refractivity contribution < 1.29 is 0 Å². The van der Waals surface area contributed by atoms with Crippen LogP contribution in [0.3, 0.4) is 0 Å². The number of allylic oxidation sites excluding steroid dienone is 3. The molecule has 0 spiro atoms. The first-order valence-corrected chi connectivity index (χ1v) is 9.84. The molecule has 0 unspecified atom stereocenters. The summed E-state index contributed by atoms with van der Waals surface area (Å²) in [6.07, 6.45) is 9.17. The fraction of sp³-hybridized carbons (Fsp3) is 0.360. The minimum Gasteiger partial charge on any atom is -0.377 e. The van der Waals surface area contributed by atoms with Gasteiger partial charge in [-0.15, -0.1) is 6.58 Å². The number of unbranched alkanes of at least 4 members (excludes halogenated alkanes) is 3. The molecule has 0 saturated carbocycles. The average Bonchev–Trinajstić information content (AvgIpc) is 2.67. The second-order valence-electron chi connectivity index (χ2n) is 7.04. The van der Waals surface area contributed by atoms with Crippen LogP contribution in [0.25, 0.3) is 11.1 Å². The Bertz CT molecular complexity index is 710. The third-order valence-corrected chi connectivity index (χ3v) is 4.83. The van der Waals surface area contributed by atoms with Crippen LogP contribution < -0.4 is 4.90 Å². The van der Waals surface area contributed by atoms with E-state index in [1.807, 2.05) is 6.08 Å². The van der Waals surface area contributed by atoms with Crippen LogP contribution >= 0.6 is 0 Å². The highest BCUT2D eigenvalue weighted by atomic mass is 15.1. The molecule has 1 heteroatoms. The zero-order chi connectivity index (χ0) is 18.8. The normalized spacial score (nSPS) is 11.8. The van der Waals surface area contributed by atoms with Crippen molar-refractivity contribution in [2.24, 2.45) is 0 Å². The van der Waals surface area contributed by atoms with Crippen LogP contribution in [-0.2, 0) is 0 Å². The predicted molar refractivity (Wildman–Crippen MR) is 118 cm³/mol. The van der Waals surface area contributed by atoms with Crippen molar-refractivity contribution in [3.63, 3.8) is 0 Å². The van der Waals surface area contributed by atoms with Gasteiger partial charge in [0.05, 0.1) is 0 Å². The molecule has 0 N–H and O–H groups in total. The van der Waals surface area contributed by atoms with Gasteiger partial charge in [-0.3, -0.25) is 0 Å². The molecule has 0 atom stereocenters. The molecular weight excluding hydrogens is 314 g/mol. The topological polar surface area (TPSA) is 3.24 Å². The van der Waals surface area contributed by atoms with Gasteiger partial charge in [0.1, 0.15) is 0 Å². The van der Waals surface area contributed by atoms with E-state index < -0.39 is 0 Å². The number of para-hydroxylation sites is 1. The van der Waals surface area contributed by atoms with Crippen molar-refractivity contribution in [3.05, 3.63) is 78.4 Å². The van der Waals surface area contributed by atoms with Gasteiger partial charge < -0.3 is 4.90 Å². The molecule has 26 heavy (non-hydrogen) atoms. The van der Waals surface area contributed by atoms with Crippen LogP contribution in [0.4, 0.5) is 5.69 Å². The maximum atomic E-state index is 4.04. The van der Waals surface area contributed by atoms with E-state index in [1.54, 1.807) is 0 Å². The summed E-state index contributed by atoms with van der Waals surface area (Å²) in [4.78, 5) is 2.21. The molecule has 2 aromatic rings.